The molecule has 0 saturated carbocycles. The molecule has 0 unspecified atom stereocenters. The largest absolute Gasteiger partial charge is 0.329 e. The smallest absolute Gasteiger partial charge is 0.211 e. The van der Waals surface area contributed by atoms with Crippen molar-refractivity contribution in [3.8, 4) is 0 Å². The highest BCUT2D eigenvalue weighted by molar-refractivity contribution is 8.00. The minimum absolute atomic E-state index is 0.707. The summed E-state index contributed by atoms with van der Waals surface area (Å²) < 4.78 is 0. The maximum atomic E-state index is 10.3. The summed E-state index contributed by atoms with van der Waals surface area (Å²) in [6.45, 7) is 2.39. The number of rotatable bonds is 4. The Bertz CT molecular complexity index is 358. The summed E-state index contributed by atoms with van der Waals surface area (Å²) in [5, 5.41) is 3.38. The lowest BCUT2D eigenvalue weighted by Gasteiger charge is -2.28. The van der Waals surface area contributed by atoms with Gasteiger partial charge in [0.05, 0.1) is 0 Å². The fourth-order valence-electron chi connectivity index (χ4n) is 1.99. The number of anilines is 1. The average molecular weight is 250 g/mol. The van der Waals surface area contributed by atoms with Crippen LogP contribution in [0.4, 0.5) is 5.69 Å². The van der Waals surface area contributed by atoms with Crippen LogP contribution in [0.1, 0.15) is 12.8 Å². The van der Waals surface area contributed by atoms with Crippen LogP contribution in [0.3, 0.4) is 0 Å². The van der Waals surface area contributed by atoms with E-state index in [0.717, 1.165) is 10.9 Å². The molecular formula is C13H18N2OS. The van der Waals surface area contributed by atoms with Gasteiger partial charge >= 0.3 is 0 Å². The quantitative estimate of drug-likeness (QED) is 0.833. The van der Waals surface area contributed by atoms with Crippen LogP contribution in [-0.2, 0) is 4.79 Å². The minimum Gasteiger partial charge on any atom is -0.329 e. The van der Waals surface area contributed by atoms with E-state index in [1.165, 1.54) is 30.8 Å². The lowest BCUT2D eigenvalue weighted by molar-refractivity contribution is -0.105. The number of thioether (sulfide) groups is 1. The van der Waals surface area contributed by atoms with Gasteiger partial charge in [0.15, 0.2) is 0 Å². The molecule has 0 atom stereocenters. The third kappa shape index (κ3) is 3.75. The monoisotopic (exact) mass is 250 g/mol. The van der Waals surface area contributed by atoms with Crippen LogP contribution in [0.15, 0.2) is 29.2 Å². The molecular weight excluding hydrogens is 232 g/mol. The average Bonchev–Trinajstić information content (AvgIpc) is 2.35. The summed E-state index contributed by atoms with van der Waals surface area (Å²) in [4.78, 5) is 14.0. The van der Waals surface area contributed by atoms with E-state index in [4.69, 9.17) is 0 Å². The summed E-state index contributed by atoms with van der Waals surface area (Å²) in [5.41, 5.74) is 0.854. The van der Waals surface area contributed by atoms with Crippen LogP contribution in [0.25, 0.3) is 0 Å². The second kappa shape index (κ2) is 6.07. The number of piperidine rings is 1. The number of hydrogen-bond donors (Lipinski definition) is 1. The van der Waals surface area contributed by atoms with Crippen molar-refractivity contribution in [2.75, 3.05) is 25.5 Å². The van der Waals surface area contributed by atoms with E-state index in [-0.39, 0.29) is 0 Å². The molecule has 1 N–H and O–H groups in total. The topological polar surface area (TPSA) is 32.3 Å². The Morgan fingerprint density at radius 2 is 1.94 bits per heavy atom. The molecule has 1 fully saturated rings. The number of nitrogens with one attached hydrogen (secondary N) is 1. The zero-order valence-electron chi connectivity index (χ0n) is 10.1. The van der Waals surface area contributed by atoms with Crippen molar-refractivity contribution in [2.45, 2.75) is 23.0 Å². The van der Waals surface area contributed by atoms with Crippen LogP contribution in [0.2, 0.25) is 0 Å². The molecule has 1 heterocycles. The van der Waals surface area contributed by atoms with Gasteiger partial charge in [-0.05, 0) is 57.2 Å². The molecule has 3 nitrogen and oxygen atoms in total. The first-order chi connectivity index (χ1) is 8.28. The van der Waals surface area contributed by atoms with E-state index < -0.39 is 0 Å². The van der Waals surface area contributed by atoms with E-state index in [1.54, 1.807) is 0 Å². The lowest BCUT2D eigenvalue weighted by atomic mass is 10.1. The van der Waals surface area contributed by atoms with Crippen molar-refractivity contribution in [3.63, 3.8) is 0 Å². The van der Waals surface area contributed by atoms with Gasteiger partial charge in [-0.15, -0.1) is 11.8 Å². The Morgan fingerprint density at radius 1 is 1.29 bits per heavy atom. The molecule has 0 bridgehead atoms. The fraction of sp³-hybridized carbons (Fsp3) is 0.462. The molecule has 1 aromatic carbocycles. The van der Waals surface area contributed by atoms with Crippen molar-refractivity contribution in [3.05, 3.63) is 24.3 Å². The Balaban J connectivity index is 1.88. The number of nitrogens with zero attached hydrogens (tertiary/aromatic N) is 1. The van der Waals surface area contributed by atoms with Gasteiger partial charge < -0.3 is 10.2 Å². The first kappa shape index (κ1) is 12.5. The van der Waals surface area contributed by atoms with Gasteiger partial charge in [-0.3, -0.25) is 4.79 Å². The summed E-state index contributed by atoms with van der Waals surface area (Å²) in [7, 11) is 2.18. The fourth-order valence-corrected chi connectivity index (χ4v) is 3.12. The molecule has 92 valence electrons. The zero-order chi connectivity index (χ0) is 12.1. The van der Waals surface area contributed by atoms with E-state index in [0.29, 0.717) is 6.41 Å². The summed E-state index contributed by atoms with van der Waals surface area (Å²) in [6, 6.07) is 8.06. The van der Waals surface area contributed by atoms with Gasteiger partial charge in [0.1, 0.15) is 0 Å². The predicted molar refractivity (Wildman–Crippen MR) is 72.5 cm³/mol. The first-order valence-corrected chi connectivity index (χ1v) is 6.81. The molecule has 1 saturated heterocycles. The zero-order valence-corrected chi connectivity index (χ0v) is 10.9. The summed E-state index contributed by atoms with van der Waals surface area (Å²) in [6.07, 6.45) is 3.23. The number of carbonyl (C=O) groups is 1. The standard InChI is InChI=1S/C13H18N2OS/c1-15-8-6-13(7-9-15)17-12-4-2-11(3-5-12)14-10-16/h2-5,10,13H,6-9H2,1H3,(H,14,16). The van der Waals surface area contributed by atoms with Crippen molar-refractivity contribution >= 4 is 23.9 Å². The number of carbonyl (C=O) groups excluding carboxylic acids is 1. The maximum Gasteiger partial charge on any atom is 0.211 e. The van der Waals surface area contributed by atoms with Gasteiger partial charge in [0.25, 0.3) is 0 Å². The number of benzene rings is 1. The van der Waals surface area contributed by atoms with Gasteiger partial charge in [0.2, 0.25) is 6.41 Å². The van der Waals surface area contributed by atoms with E-state index in [2.05, 4.69) is 29.4 Å². The molecule has 17 heavy (non-hydrogen) atoms. The van der Waals surface area contributed by atoms with Crippen LogP contribution in [-0.4, -0.2) is 36.7 Å². The van der Waals surface area contributed by atoms with Gasteiger partial charge in [0, 0.05) is 15.8 Å². The summed E-state index contributed by atoms with van der Waals surface area (Å²) in [5.74, 6) is 0. The minimum atomic E-state index is 0.707. The van der Waals surface area contributed by atoms with Crippen molar-refractivity contribution < 1.29 is 4.79 Å². The number of amides is 1. The van der Waals surface area contributed by atoms with Crippen LogP contribution in [0.5, 0.6) is 0 Å². The Hall–Kier alpha value is -1.00. The lowest BCUT2D eigenvalue weighted by Crippen LogP contribution is -2.31. The van der Waals surface area contributed by atoms with Gasteiger partial charge in [-0.2, -0.15) is 0 Å². The van der Waals surface area contributed by atoms with Crippen LogP contribution < -0.4 is 5.32 Å². The summed E-state index contributed by atoms with van der Waals surface area (Å²) >= 11 is 1.95. The molecule has 1 aliphatic rings. The van der Waals surface area contributed by atoms with Crippen molar-refractivity contribution in [2.24, 2.45) is 0 Å². The molecule has 1 amide bonds. The SMILES string of the molecule is CN1CCC(Sc2ccc(NC=O)cc2)CC1. The first-order valence-electron chi connectivity index (χ1n) is 5.93. The third-order valence-electron chi connectivity index (χ3n) is 3.05. The second-order valence-electron chi connectivity index (χ2n) is 4.41. The van der Waals surface area contributed by atoms with Crippen LogP contribution in [0, 0.1) is 0 Å². The van der Waals surface area contributed by atoms with E-state index in [1.807, 2.05) is 23.9 Å². The predicted octanol–water partition coefficient (Wildman–Crippen LogP) is 2.44. The highest BCUT2D eigenvalue weighted by Crippen LogP contribution is 2.30. The van der Waals surface area contributed by atoms with Crippen molar-refractivity contribution in [1.82, 2.24) is 4.90 Å². The molecule has 0 aromatic heterocycles. The number of likely N-dealkylation sites (tertiary alicyclic amines) is 1. The Morgan fingerprint density at radius 3 is 2.53 bits per heavy atom. The molecule has 1 aliphatic heterocycles. The normalized spacial score (nSPS) is 17.9. The van der Waals surface area contributed by atoms with E-state index >= 15 is 0 Å². The van der Waals surface area contributed by atoms with Crippen LogP contribution >= 0.6 is 11.8 Å². The van der Waals surface area contributed by atoms with Crippen molar-refractivity contribution in [1.29, 1.82) is 0 Å². The third-order valence-corrected chi connectivity index (χ3v) is 4.40. The highest BCUT2D eigenvalue weighted by Gasteiger charge is 2.17. The molecule has 0 spiro atoms. The van der Waals surface area contributed by atoms with E-state index in [9.17, 15) is 4.79 Å². The Labute approximate surface area is 107 Å². The number of hydrogen-bond acceptors (Lipinski definition) is 3. The molecule has 4 heteroatoms. The molecule has 1 aromatic rings. The second-order valence-corrected chi connectivity index (χ2v) is 5.78. The van der Waals surface area contributed by atoms with Gasteiger partial charge in [-0.25, -0.2) is 0 Å². The highest BCUT2D eigenvalue weighted by atomic mass is 32.2. The Kier molecular flexibility index (Phi) is 4.45. The molecule has 0 radical (unpaired) electrons. The molecule has 2 rings (SSSR count). The molecule has 0 aliphatic carbocycles. The maximum absolute atomic E-state index is 10.3. The van der Waals surface area contributed by atoms with Gasteiger partial charge in [-0.1, -0.05) is 0 Å².